The van der Waals surface area contributed by atoms with Crippen LogP contribution in [0.3, 0.4) is 0 Å². The molecular formula is C11H10Br2FNO3. The van der Waals surface area contributed by atoms with Gasteiger partial charge < -0.3 is 10.1 Å². The van der Waals surface area contributed by atoms with Crippen LogP contribution in [-0.2, 0) is 9.53 Å². The number of rotatable bonds is 4. The van der Waals surface area contributed by atoms with Gasteiger partial charge in [0.1, 0.15) is 10.6 Å². The molecule has 0 aromatic heterocycles. The lowest BCUT2D eigenvalue weighted by atomic mass is 10.2. The van der Waals surface area contributed by atoms with Gasteiger partial charge in [-0.2, -0.15) is 0 Å². The van der Waals surface area contributed by atoms with Gasteiger partial charge in [-0.1, -0.05) is 31.9 Å². The maximum Gasteiger partial charge on any atom is 0.321 e. The second-order valence-electron chi connectivity index (χ2n) is 3.36. The minimum atomic E-state index is -0.636. The van der Waals surface area contributed by atoms with E-state index in [-0.39, 0.29) is 12.1 Å². The molecule has 18 heavy (non-hydrogen) atoms. The Bertz CT molecular complexity index is 447. The number of halogens is 3. The highest BCUT2D eigenvalue weighted by atomic mass is 79.9. The van der Waals surface area contributed by atoms with Gasteiger partial charge in [-0.15, -0.1) is 0 Å². The zero-order valence-electron chi connectivity index (χ0n) is 9.38. The van der Waals surface area contributed by atoms with Gasteiger partial charge in [-0.05, 0) is 18.2 Å². The SMILES string of the molecule is COC(=O)C(Br)CNC(=O)c1cc(F)cc(Br)c1. The number of benzene rings is 1. The first-order valence-corrected chi connectivity index (χ1v) is 6.61. The van der Waals surface area contributed by atoms with E-state index in [1.165, 1.54) is 19.2 Å². The fraction of sp³-hybridized carbons (Fsp3) is 0.273. The molecular weight excluding hydrogens is 373 g/mol. The van der Waals surface area contributed by atoms with Crippen molar-refractivity contribution >= 4 is 43.7 Å². The second-order valence-corrected chi connectivity index (χ2v) is 5.38. The summed E-state index contributed by atoms with van der Waals surface area (Å²) in [7, 11) is 1.25. The normalized spacial score (nSPS) is 11.8. The molecule has 0 spiro atoms. The number of esters is 1. The molecule has 1 rings (SSSR count). The molecule has 7 heteroatoms. The van der Waals surface area contributed by atoms with Gasteiger partial charge in [-0.3, -0.25) is 9.59 Å². The predicted molar refractivity (Wildman–Crippen MR) is 71.2 cm³/mol. The molecule has 1 N–H and O–H groups in total. The summed E-state index contributed by atoms with van der Waals surface area (Å²) in [5.41, 5.74) is 0.173. The van der Waals surface area contributed by atoms with E-state index in [1.807, 2.05) is 0 Å². The summed E-state index contributed by atoms with van der Waals surface area (Å²) in [5, 5.41) is 2.49. The van der Waals surface area contributed by atoms with Crippen LogP contribution in [0.5, 0.6) is 0 Å². The summed E-state index contributed by atoms with van der Waals surface area (Å²) in [4.78, 5) is 22.1. The Balaban J connectivity index is 2.63. The molecule has 1 aromatic rings. The van der Waals surface area contributed by atoms with E-state index < -0.39 is 22.5 Å². The van der Waals surface area contributed by atoms with Gasteiger partial charge in [0, 0.05) is 16.6 Å². The van der Waals surface area contributed by atoms with E-state index in [0.29, 0.717) is 4.47 Å². The van der Waals surface area contributed by atoms with Crippen molar-refractivity contribution in [3.8, 4) is 0 Å². The lowest BCUT2D eigenvalue weighted by Crippen LogP contribution is -2.33. The minimum absolute atomic E-state index is 0.0552. The third kappa shape index (κ3) is 4.38. The fourth-order valence-corrected chi connectivity index (χ4v) is 1.99. The van der Waals surface area contributed by atoms with Crippen LogP contribution in [0, 0.1) is 5.82 Å². The topological polar surface area (TPSA) is 55.4 Å². The second kappa shape index (κ2) is 6.84. The average Bonchev–Trinajstić information content (AvgIpc) is 2.33. The zero-order valence-corrected chi connectivity index (χ0v) is 12.5. The lowest BCUT2D eigenvalue weighted by Gasteiger charge is -2.09. The van der Waals surface area contributed by atoms with E-state index in [4.69, 9.17) is 0 Å². The van der Waals surface area contributed by atoms with Crippen molar-refractivity contribution in [1.82, 2.24) is 5.32 Å². The number of amides is 1. The Morgan fingerprint density at radius 1 is 1.44 bits per heavy atom. The van der Waals surface area contributed by atoms with E-state index in [2.05, 4.69) is 41.9 Å². The molecule has 0 saturated heterocycles. The van der Waals surface area contributed by atoms with E-state index in [0.717, 1.165) is 6.07 Å². The van der Waals surface area contributed by atoms with Crippen LogP contribution >= 0.6 is 31.9 Å². The van der Waals surface area contributed by atoms with Crippen LogP contribution in [0.2, 0.25) is 0 Å². The molecule has 0 saturated carbocycles. The fourth-order valence-electron chi connectivity index (χ4n) is 1.18. The first-order chi connectivity index (χ1) is 8.43. The molecule has 0 aliphatic heterocycles. The van der Waals surface area contributed by atoms with Crippen LogP contribution in [0.15, 0.2) is 22.7 Å². The van der Waals surface area contributed by atoms with Gasteiger partial charge in [0.05, 0.1) is 7.11 Å². The Labute approximate surface area is 120 Å². The summed E-state index contributed by atoms with van der Waals surface area (Å²) in [6.45, 7) is 0.0552. The Hall–Kier alpha value is -0.950. The highest BCUT2D eigenvalue weighted by molar-refractivity contribution is 9.10. The van der Waals surface area contributed by atoms with Gasteiger partial charge in [0.25, 0.3) is 5.91 Å². The number of hydrogen-bond donors (Lipinski definition) is 1. The maximum absolute atomic E-state index is 13.1. The van der Waals surface area contributed by atoms with Crippen molar-refractivity contribution in [3.05, 3.63) is 34.1 Å². The zero-order chi connectivity index (χ0) is 13.7. The highest BCUT2D eigenvalue weighted by Gasteiger charge is 2.17. The number of ether oxygens (including phenoxy) is 1. The van der Waals surface area contributed by atoms with Gasteiger partial charge in [0.15, 0.2) is 0 Å². The molecule has 0 aliphatic rings. The summed E-state index contributed by atoms with van der Waals surface area (Å²) in [6.07, 6.45) is 0. The number of nitrogens with one attached hydrogen (secondary N) is 1. The number of carbonyl (C=O) groups is 2. The molecule has 1 unspecified atom stereocenters. The van der Waals surface area contributed by atoms with Crippen molar-refractivity contribution in [2.24, 2.45) is 0 Å². The first-order valence-electron chi connectivity index (χ1n) is 4.90. The third-order valence-corrected chi connectivity index (χ3v) is 3.18. The van der Waals surface area contributed by atoms with Crippen molar-refractivity contribution in [2.75, 3.05) is 13.7 Å². The van der Waals surface area contributed by atoms with E-state index in [1.54, 1.807) is 0 Å². The predicted octanol–water partition coefficient (Wildman–Crippen LogP) is 2.25. The number of alkyl halides is 1. The number of carbonyl (C=O) groups excluding carboxylic acids is 2. The Kier molecular flexibility index (Phi) is 5.74. The van der Waals surface area contributed by atoms with Crippen LogP contribution in [0.4, 0.5) is 4.39 Å². The minimum Gasteiger partial charge on any atom is -0.468 e. The number of methoxy groups -OCH3 is 1. The summed E-state index contributed by atoms with van der Waals surface area (Å²) in [6, 6.07) is 3.85. The van der Waals surface area contributed by atoms with E-state index in [9.17, 15) is 14.0 Å². The molecule has 98 valence electrons. The van der Waals surface area contributed by atoms with E-state index >= 15 is 0 Å². The maximum atomic E-state index is 13.1. The molecule has 1 atom stereocenters. The standard InChI is InChI=1S/C11H10Br2FNO3/c1-18-11(17)9(13)5-15-10(16)6-2-7(12)4-8(14)3-6/h2-4,9H,5H2,1H3,(H,15,16). The molecule has 0 heterocycles. The summed E-state index contributed by atoms with van der Waals surface area (Å²) < 4.78 is 18.0. The molecule has 4 nitrogen and oxygen atoms in total. The third-order valence-electron chi connectivity index (χ3n) is 2.02. The highest BCUT2D eigenvalue weighted by Crippen LogP contribution is 2.14. The van der Waals surface area contributed by atoms with Crippen LogP contribution < -0.4 is 5.32 Å². The van der Waals surface area contributed by atoms with Crippen molar-refractivity contribution in [2.45, 2.75) is 4.83 Å². The quantitative estimate of drug-likeness (QED) is 0.641. The van der Waals surface area contributed by atoms with Crippen LogP contribution in [0.1, 0.15) is 10.4 Å². The monoisotopic (exact) mass is 381 g/mol. The molecule has 0 aliphatic carbocycles. The molecule has 0 bridgehead atoms. The smallest absolute Gasteiger partial charge is 0.321 e. The van der Waals surface area contributed by atoms with Crippen molar-refractivity contribution in [3.63, 3.8) is 0 Å². The van der Waals surface area contributed by atoms with Crippen LogP contribution in [0.25, 0.3) is 0 Å². The van der Waals surface area contributed by atoms with Gasteiger partial charge in [0.2, 0.25) is 0 Å². The van der Waals surface area contributed by atoms with Crippen LogP contribution in [-0.4, -0.2) is 30.4 Å². The molecule has 0 radical (unpaired) electrons. The summed E-state index contributed by atoms with van der Waals surface area (Å²) in [5.74, 6) is -1.47. The average molecular weight is 383 g/mol. The molecule has 0 fully saturated rings. The van der Waals surface area contributed by atoms with Gasteiger partial charge >= 0.3 is 5.97 Å². The molecule has 1 aromatic carbocycles. The van der Waals surface area contributed by atoms with Crippen molar-refractivity contribution < 1.29 is 18.7 Å². The number of hydrogen-bond acceptors (Lipinski definition) is 3. The van der Waals surface area contributed by atoms with Gasteiger partial charge in [-0.25, -0.2) is 4.39 Å². The molecule has 1 amide bonds. The summed E-state index contributed by atoms with van der Waals surface area (Å²) >= 11 is 6.15. The Morgan fingerprint density at radius 2 is 2.11 bits per heavy atom. The Morgan fingerprint density at radius 3 is 2.67 bits per heavy atom. The first kappa shape index (κ1) is 15.1. The largest absolute Gasteiger partial charge is 0.468 e. The lowest BCUT2D eigenvalue weighted by molar-refractivity contribution is -0.139. The van der Waals surface area contributed by atoms with Crippen molar-refractivity contribution in [1.29, 1.82) is 0 Å².